The normalized spacial score (nSPS) is 12.5. The average molecular weight is 262 g/mol. The predicted molar refractivity (Wildman–Crippen MR) is 65.3 cm³/mol. The van der Waals surface area contributed by atoms with Gasteiger partial charge in [-0.25, -0.2) is 0 Å². The highest BCUT2D eigenvalue weighted by Crippen LogP contribution is 2.22. The van der Waals surface area contributed by atoms with Gasteiger partial charge in [0.15, 0.2) is 5.78 Å². The van der Waals surface area contributed by atoms with Gasteiger partial charge in [0.2, 0.25) is 0 Å². The van der Waals surface area contributed by atoms with Crippen molar-refractivity contribution in [3.05, 3.63) is 33.8 Å². The number of carbonyl (C=O) groups is 1. The number of carbonyl (C=O) groups excluding carboxylic acids is 1. The number of rotatable bonds is 5. The van der Waals surface area contributed by atoms with Crippen molar-refractivity contribution < 1.29 is 9.53 Å². The van der Waals surface area contributed by atoms with E-state index in [2.05, 4.69) is 0 Å². The van der Waals surface area contributed by atoms with Crippen molar-refractivity contribution in [1.29, 1.82) is 0 Å². The predicted octanol–water partition coefficient (Wildman–Crippen LogP) is 2.54. The highest BCUT2D eigenvalue weighted by Gasteiger charge is 2.14. The summed E-state index contributed by atoms with van der Waals surface area (Å²) in [5.41, 5.74) is 6.13. The van der Waals surface area contributed by atoms with Crippen molar-refractivity contribution in [3.8, 4) is 0 Å². The van der Waals surface area contributed by atoms with E-state index in [0.717, 1.165) is 0 Å². The molecule has 0 amide bonds. The van der Waals surface area contributed by atoms with Crippen molar-refractivity contribution in [2.75, 3.05) is 13.7 Å². The van der Waals surface area contributed by atoms with Crippen LogP contribution < -0.4 is 5.73 Å². The Balaban J connectivity index is 2.73. The van der Waals surface area contributed by atoms with E-state index in [9.17, 15) is 4.79 Å². The lowest BCUT2D eigenvalue weighted by Crippen LogP contribution is -2.28. The van der Waals surface area contributed by atoms with Crippen LogP contribution in [-0.4, -0.2) is 25.5 Å². The first-order valence-corrected chi connectivity index (χ1v) is 5.53. The lowest BCUT2D eigenvalue weighted by molar-refractivity contribution is 0.0949. The Kier molecular flexibility index (Phi) is 5.22. The zero-order valence-electron chi connectivity index (χ0n) is 8.87. The second-order valence-electron chi connectivity index (χ2n) is 3.47. The van der Waals surface area contributed by atoms with Crippen molar-refractivity contribution in [3.63, 3.8) is 0 Å². The highest BCUT2D eigenvalue weighted by atomic mass is 35.5. The Morgan fingerprint density at radius 1 is 1.50 bits per heavy atom. The maximum atomic E-state index is 11.8. The second kappa shape index (κ2) is 6.21. The molecule has 0 radical (unpaired) electrons. The molecular weight excluding hydrogens is 249 g/mol. The van der Waals surface area contributed by atoms with E-state index >= 15 is 0 Å². The number of ether oxygens (including phenoxy) is 1. The third-order valence-corrected chi connectivity index (χ3v) is 2.61. The van der Waals surface area contributed by atoms with E-state index in [1.165, 1.54) is 6.07 Å². The molecule has 0 aromatic heterocycles. The van der Waals surface area contributed by atoms with Crippen LogP contribution in [0.5, 0.6) is 0 Å². The summed E-state index contributed by atoms with van der Waals surface area (Å²) in [4.78, 5) is 11.8. The molecule has 0 aliphatic rings. The Labute approximate surface area is 104 Å². The monoisotopic (exact) mass is 261 g/mol. The summed E-state index contributed by atoms with van der Waals surface area (Å²) >= 11 is 11.6. The van der Waals surface area contributed by atoms with Gasteiger partial charge < -0.3 is 10.5 Å². The molecule has 0 fully saturated rings. The van der Waals surface area contributed by atoms with E-state index in [-0.39, 0.29) is 18.2 Å². The van der Waals surface area contributed by atoms with E-state index < -0.39 is 0 Å². The number of benzene rings is 1. The third kappa shape index (κ3) is 3.76. The van der Waals surface area contributed by atoms with Gasteiger partial charge in [-0.05, 0) is 18.2 Å². The Morgan fingerprint density at radius 3 is 2.75 bits per heavy atom. The number of methoxy groups -OCH3 is 1. The summed E-state index contributed by atoms with van der Waals surface area (Å²) in [6.07, 6.45) is 0.204. The summed E-state index contributed by atoms with van der Waals surface area (Å²) in [6.45, 7) is 0.344. The fraction of sp³-hybridized carbons (Fsp3) is 0.364. The Hall–Kier alpha value is -0.610. The number of nitrogens with two attached hydrogens (primary N) is 1. The van der Waals surface area contributed by atoms with Crippen LogP contribution in [0.15, 0.2) is 18.2 Å². The van der Waals surface area contributed by atoms with Crippen LogP contribution >= 0.6 is 23.2 Å². The van der Waals surface area contributed by atoms with Crippen LogP contribution in [0, 0.1) is 0 Å². The molecule has 0 bridgehead atoms. The number of ketones is 1. The zero-order chi connectivity index (χ0) is 12.1. The van der Waals surface area contributed by atoms with Crippen molar-refractivity contribution in [2.24, 2.45) is 5.73 Å². The van der Waals surface area contributed by atoms with Gasteiger partial charge in [-0.15, -0.1) is 0 Å². The van der Waals surface area contributed by atoms with Crippen LogP contribution in [-0.2, 0) is 4.74 Å². The molecule has 0 spiro atoms. The van der Waals surface area contributed by atoms with Gasteiger partial charge in [0.05, 0.1) is 11.6 Å². The van der Waals surface area contributed by atoms with Gasteiger partial charge in [-0.3, -0.25) is 4.79 Å². The Bertz CT molecular complexity index is 382. The minimum Gasteiger partial charge on any atom is -0.383 e. The minimum atomic E-state index is -0.316. The highest BCUT2D eigenvalue weighted by molar-refractivity contribution is 6.36. The average Bonchev–Trinajstić information content (AvgIpc) is 2.17. The van der Waals surface area contributed by atoms with E-state index in [1.54, 1.807) is 19.2 Å². The molecule has 16 heavy (non-hydrogen) atoms. The van der Waals surface area contributed by atoms with E-state index in [4.69, 9.17) is 33.7 Å². The van der Waals surface area contributed by atoms with Gasteiger partial charge in [0, 0.05) is 30.2 Å². The zero-order valence-corrected chi connectivity index (χ0v) is 10.4. The number of hydrogen-bond donors (Lipinski definition) is 1. The van der Waals surface area contributed by atoms with Gasteiger partial charge in [0.25, 0.3) is 0 Å². The fourth-order valence-electron chi connectivity index (χ4n) is 1.34. The molecule has 5 heteroatoms. The van der Waals surface area contributed by atoms with Crippen LogP contribution in [0.1, 0.15) is 16.8 Å². The molecule has 1 atom stereocenters. The second-order valence-corrected chi connectivity index (χ2v) is 4.31. The number of Topliss-reactive ketones (excluding diaryl/α,β-unsaturated/α-hetero) is 1. The van der Waals surface area contributed by atoms with Crippen LogP contribution in [0.4, 0.5) is 0 Å². The van der Waals surface area contributed by atoms with Crippen molar-refractivity contribution in [1.82, 2.24) is 0 Å². The first-order valence-electron chi connectivity index (χ1n) is 4.77. The van der Waals surface area contributed by atoms with Gasteiger partial charge in [-0.1, -0.05) is 23.2 Å². The molecule has 0 heterocycles. The molecule has 1 aromatic rings. The molecule has 1 aromatic carbocycles. The molecule has 1 rings (SSSR count). The van der Waals surface area contributed by atoms with Gasteiger partial charge >= 0.3 is 0 Å². The topological polar surface area (TPSA) is 52.3 Å². The maximum Gasteiger partial charge on any atom is 0.166 e. The lowest BCUT2D eigenvalue weighted by Gasteiger charge is -2.10. The fourth-order valence-corrected chi connectivity index (χ4v) is 1.85. The molecule has 3 nitrogen and oxygen atoms in total. The SMILES string of the molecule is COCC(N)CC(=O)c1ccc(Cl)cc1Cl. The molecule has 2 N–H and O–H groups in total. The van der Waals surface area contributed by atoms with Crippen LogP contribution in [0.3, 0.4) is 0 Å². The summed E-state index contributed by atoms with van der Waals surface area (Å²) < 4.78 is 4.86. The first-order chi connectivity index (χ1) is 7.54. The number of halogens is 2. The van der Waals surface area contributed by atoms with Crippen LogP contribution in [0.2, 0.25) is 10.0 Å². The third-order valence-electron chi connectivity index (χ3n) is 2.06. The van der Waals surface area contributed by atoms with Crippen molar-refractivity contribution in [2.45, 2.75) is 12.5 Å². The summed E-state index contributed by atoms with van der Waals surface area (Å²) in [7, 11) is 1.54. The van der Waals surface area contributed by atoms with Gasteiger partial charge in [0.1, 0.15) is 0 Å². The Morgan fingerprint density at radius 2 is 2.19 bits per heavy atom. The molecule has 0 saturated carbocycles. The maximum absolute atomic E-state index is 11.8. The smallest absolute Gasteiger partial charge is 0.166 e. The molecule has 0 aliphatic carbocycles. The summed E-state index contributed by atoms with van der Waals surface area (Å²) in [6, 6.07) is 4.46. The minimum absolute atomic E-state index is 0.105. The standard InChI is InChI=1S/C11H13Cl2NO2/c1-16-6-8(14)5-11(15)9-3-2-7(12)4-10(9)13/h2-4,8H,5-6,14H2,1H3. The molecule has 0 saturated heterocycles. The lowest BCUT2D eigenvalue weighted by atomic mass is 10.0. The summed E-state index contributed by atoms with van der Waals surface area (Å²) in [5.74, 6) is -0.105. The van der Waals surface area contributed by atoms with E-state index in [1.807, 2.05) is 0 Å². The van der Waals surface area contributed by atoms with Crippen molar-refractivity contribution >= 4 is 29.0 Å². The van der Waals surface area contributed by atoms with Gasteiger partial charge in [-0.2, -0.15) is 0 Å². The molecule has 88 valence electrons. The largest absolute Gasteiger partial charge is 0.383 e. The summed E-state index contributed by atoms with van der Waals surface area (Å²) in [5, 5.41) is 0.852. The quantitative estimate of drug-likeness (QED) is 0.829. The first kappa shape index (κ1) is 13.5. The van der Waals surface area contributed by atoms with E-state index in [0.29, 0.717) is 22.2 Å². The molecular formula is C11H13Cl2NO2. The number of hydrogen-bond acceptors (Lipinski definition) is 3. The molecule has 1 unspecified atom stereocenters. The molecule has 0 aliphatic heterocycles. The van der Waals surface area contributed by atoms with Crippen LogP contribution in [0.25, 0.3) is 0 Å².